The lowest BCUT2D eigenvalue weighted by molar-refractivity contribution is -0.135. The molecule has 0 saturated carbocycles. The number of nitrogens with zero attached hydrogens (tertiary/aromatic N) is 1. The van der Waals surface area contributed by atoms with Gasteiger partial charge in [-0.1, -0.05) is 0 Å². The molecule has 22 heteroatoms. The van der Waals surface area contributed by atoms with Gasteiger partial charge in [0.05, 0.1) is 24.7 Å². The van der Waals surface area contributed by atoms with Crippen molar-refractivity contribution in [3.8, 4) is 0 Å². The van der Waals surface area contributed by atoms with Crippen LogP contribution in [0.2, 0.25) is 0 Å². The number of aromatic amines is 1. The Kier molecular flexibility index (Phi) is 18.3. The third-order valence-electron chi connectivity index (χ3n) is 6.87. The van der Waals surface area contributed by atoms with Gasteiger partial charge in [-0.2, -0.15) is 0 Å². The lowest BCUT2D eigenvalue weighted by Gasteiger charge is -2.26. The number of carbonyl (C=O) groups is 7. The fourth-order valence-electron chi connectivity index (χ4n) is 4.16. The summed E-state index contributed by atoms with van der Waals surface area (Å²) >= 11 is 0. The molecule has 0 aliphatic carbocycles. The van der Waals surface area contributed by atoms with Crippen LogP contribution in [0.1, 0.15) is 44.7 Å². The molecule has 1 rings (SSSR count). The van der Waals surface area contributed by atoms with Crippen LogP contribution in [0, 0.1) is 5.41 Å². The predicted octanol–water partition coefficient (Wildman–Crippen LogP) is -6.89. The number of carbonyl (C=O) groups excluding carboxylic acids is 7. The van der Waals surface area contributed by atoms with E-state index in [9.17, 15) is 43.8 Å². The molecular formula is C27H47N13O9. The van der Waals surface area contributed by atoms with Crippen molar-refractivity contribution in [2.45, 2.75) is 81.8 Å². The van der Waals surface area contributed by atoms with E-state index in [2.05, 4.69) is 41.9 Å². The number of imidazole rings is 1. The van der Waals surface area contributed by atoms with E-state index in [1.54, 1.807) is 0 Å². The summed E-state index contributed by atoms with van der Waals surface area (Å²) in [4.78, 5) is 94.7. The molecule has 0 aliphatic rings. The van der Waals surface area contributed by atoms with E-state index < -0.39 is 90.8 Å². The van der Waals surface area contributed by atoms with E-state index >= 15 is 0 Å². The second-order valence-electron chi connectivity index (χ2n) is 11.0. The van der Waals surface area contributed by atoms with Gasteiger partial charge in [0, 0.05) is 32.2 Å². The molecule has 0 aromatic carbocycles. The summed E-state index contributed by atoms with van der Waals surface area (Å²) in [5.41, 5.74) is 21.8. The number of rotatable bonds is 23. The van der Waals surface area contributed by atoms with Crippen LogP contribution in [0.3, 0.4) is 0 Å². The van der Waals surface area contributed by atoms with Crippen LogP contribution < -0.4 is 54.8 Å². The van der Waals surface area contributed by atoms with Crippen molar-refractivity contribution < 1.29 is 43.8 Å². The van der Waals surface area contributed by atoms with Gasteiger partial charge < -0.3 is 70.0 Å². The van der Waals surface area contributed by atoms with Gasteiger partial charge in [-0.25, -0.2) is 4.98 Å². The zero-order valence-corrected chi connectivity index (χ0v) is 27.0. The lowest BCUT2D eigenvalue weighted by Crippen LogP contribution is -2.59. The molecule has 0 aliphatic heterocycles. The molecule has 6 atom stereocenters. The van der Waals surface area contributed by atoms with Gasteiger partial charge in [0.25, 0.3) is 0 Å². The van der Waals surface area contributed by atoms with E-state index in [1.165, 1.54) is 19.4 Å². The van der Waals surface area contributed by atoms with E-state index in [4.69, 9.17) is 28.3 Å². The Morgan fingerprint density at radius 1 is 0.857 bits per heavy atom. The van der Waals surface area contributed by atoms with E-state index in [1.807, 2.05) is 0 Å². The topological polar surface area (TPSA) is 389 Å². The quantitative estimate of drug-likeness (QED) is 0.0287. The first-order valence-electron chi connectivity index (χ1n) is 15.2. The molecule has 274 valence electrons. The molecule has 0 fully saturated rings. The van der Waals surface area contributed by atoms with E-state index in [0.29, 0.717) is 12.1 Å². The molecule has 0 radical (unpaired) electrons. The summed E-state index contributed by atoms with van der Waals surface area (Å²) in [7, 11) is 0. The Morgan fingerprint density at radius 3 is 1.98 bits per heavy atom. The number of aliphatic hydroxyl groups is 2. The van der Waals surface area contributed by atoms with Crippen molar-refractivity contribution in [1.29, 1.82) is 5.41 Å². The second-order valence-corrected chi connectivity index (χ2v) is 11.0. The number of amides is 7. The molecule has 6 unspecified atom stereocenters. The Labute approximate surface area is 281 Å². The monoisotopic (exact) mass is 697 g/mol. The molecular weight excluding hydrogens is 650 g/mol. The summed E-state index contributed by atoms with van der Waals surface area (Å²) in [5, 5.41) is 40.7. The largest absolute Gasteiger partial charge is 0.396 e. The zero-order chi connectivity index (χ0) is 37.1. The maximum Gasteiger partial charge on any atom is 0.243 e. The Bertz CT molecular complexity index is 1290. The van der Waals surface area contributed by atoms with Gasteiger partial charge in [-0.15, -0.1) is 0 Å². The minimum Gasteiger partial charge on any atom is -0.396 e. The van der Waals surface area contributed by atoms with Crippen molar-refractivity contribution >= 4 is 47.3 Å². The number of primary amides is 2. The number of hydrogen-bond acceptors (Lipinski definition) is 12. The molecule has 22 nitrogen and oxygen atoms in total. The number of nitrogens with two attached hydrogens (primary N) is 4. The molecule has 1 heterocycles. The standard InChI is InChI=1S/C27H47N13O9/c1-13(42)21(29)26(49)35-11-20(44)37-16(4-5-19(28)43)23(46)39-17(6-8-41)24(47)40-18(9-14-10-33-12-36-14)25(48)38-15(22(30)45)3-2-7-34-27(31)32/h10,12-13,15-18,21,41-42H,2-9,11,29H2,1H3,(H2,28,43)(H2,30,45)(H,33,36)(H,35,49)(H,37,44)(H,38,48)(H,39,46)(H,40,47)(H4,31,32,34). The first-order valence-corrected chi connectivity index (χ1v) is 15.2. The molecule has 49 heavy (non-hydrogen) atoms. The van der Waals surface area contributed by atoms with Crippen LogP contribution in [-0.4, -0.2) is 124 Å². The fraction of sp³-hybridized carbons (Fsp3) is 0.593. The maximum atomic E-state index is 13.4. The first-order chi connectivity index (χ1) is 23.0. The van der Waals surface area contributed by atoms with Crippen molar-refractivity contribution in [3.63, 3.8) is 0 Å². The normalized spacial score (nSPS) is 14.4. The first kappa shape index (κ1) is 41.7. The highest BCUT2D eigenvalue weighted by atomic mass is 16.3. The average molecular weight is 698 g/mol. The summed E-state index contributed by atoms with van der Waals surface area (Å²) in [6, 6.07) is -6.74. The van der Waals surface area contributed by atoms with Gasteiger partial charge in [0.2, 0.25) is 41.4 Å². The third kappa shape index (κ3) is 16.4. The highest BCUT2D eigenvalue weighted by Crippen LogP contribution is 2.05. The smallest absolute Gasteiger partial charge is 0.243 e. The summed E-state index contributed by atoms with van der Waals surface area (Å²) in [6.07, 6.45) is 0.794. The Balaban J connectivity index is 3.09. The van der Waals surface area contributed by atoms with Crippen LogP contribution in [0.4, 0.5) is 0 Å². The van der Waals surface area contributed by atoms with Crippen LogP contribution in [-0.2, 0) is 40.0 Å². The predicted molar refractivity (Wildman–Crippen MR) is 171 cm³/mol. The molecule has 0 saturated heterocycles. The number of nitrogens with one attached hydrogen (secondary N) is 8. The Hall–Kier alpha value is -5.35. The number of aliphatic hydroxyl groups excluding tert-OH is 2. The number of hydrogen-bond donors (Lipinski definition) is 14. The lowest BCUT2D eigenvalue weighted by atomic mass is 10.1. The highest BCUT2D eigenvalue weighted by molar-refractivity contribution is 5.96. The van der Waals surface area contributed by atoms with Crippen molar-refractivity contribution in [1.82, 2.24) is 41.9 Å². The van der Waals surface area contributed by atoms with Crippen molar-refractivity contribution in [2.75, 3.05) is 19.7 Å². The highest BCUT2D eigenvalue weighted by Gasteiger charge is 2.31. The van der Waals surface area contributed by atoms with Crippen LogP contribution >= 0.6 is 0 Å². The van der Waals surface area contributed by atoms with E-state index in [-0.39, 0.29) is 44.6 Å². The summed E-state index contributed by atoms with van der Waals surface area (Å²) in [6.45, 7) is 0.247. The molecule has 0 spiro atoms. The minimum absolute atomic E-state index is 0.0725. The number of H-pyrrole nitrogens is 1. The molecule has 7 amide bonds. The average Bonchev–Trinajstić information content (AvgIpc) is 3.54. The second kappa shape index (κ2) is 21.5. The van der Waals surface area contributed by atoms with Crippen molar-refractivity contribution in [3.05, 3.63) is 18.2 Å². The summed E-state index contributed by atoms with van der Waals surface area (Å²) in [5.74, 6) is -6.38. The van der Waals surface area contributed by atoms with Crippen molar-refractivity contribution in [2.24, 2.45) is 22.9 Å². The number of guanidine groups is 1. The maximum absolute atomic E-state index is 13.4. The fourth-order valence-corrected chi connectivity index (χ4v) is 4.16. The minimum atomic E-state index is -1.46. The van der Waals surface area contributed by atoms with Crippen LogP contribution in [0.5, 0.6) is 0 Å². The Morgan fingerprint density at radius 2 is 1.45 bits per heavy atom. The third-order valence-corrected chi connectivity index (χ3v) is 6.87. The van der Waals surface area contributed by atoms with Gasteiger partial charge in [0.15, 0.2) is 5.96 Å². The van der Waals surface area contributed by atoms with Crippen LogP contribution in [0.15, 0.2) is 12.5 Å². The zero-order valence-electron chi connectivity index (χ0n) is 27.0. The molecule has 1 aromatic heterocycles. The molecule has 0 bridgehead atoms. The van der Waals surface area contributed by atoms with Gasteiger partial charge >= 0.3 is 0 Å². The molecule has 18 N–H and O–H groups in total. The SMILES string of the molecule is CC(O)C(N)C(=O)NCC(=O)NC(CCC(N)=O)C(=O)NC(CCO)C(=O)NC(Cc1c[nH]cn1)C(=O)NC(CCCNC(=N)N)C(N)=O. The van der Waals surface area contributed by atoms with Gasteiger partial charge in [-0.05, 0) is 32.6 Å². The van der Waals surface area contributed by atoms with E-state index in [0.717, 1.165) is 0 Å². The van der Waals surface area contributed by atoms with Gasteiger partial charge in [0.1, 0.15) is 30.2 Å². The summed E-state index contributed by atoms with van der Waals surface area (Å²) < 4.78 is 0. The number of aromatic nitrogens is 2. The molecule has 1 aromatic rings. The van der Waals surface area contributed by atoms with Crippen LogP contribution in [0.25, 0.3) is 0 Å². The van der Waals surface area contributed by atoms with Gasteiger partial charge in [-0.3, -0.25) is 39.0 Å².